The Labute approximate surface area is 170 Å². The molecule has 2 rings (SSSR count). The van der Waals surface area contributed by atoms with E-state index in [1.54, 1.807) is 0 Å². The van der Waals surface area contributed by atoms with Gasteiger partial charge in [-0.3, -0.25) is 9.89 Å². The van der Waals surface area contributed by atoms with Crippen molar-refractivity contribution in [2.24, 2.45) is 10.9 Å². The average Bonchev–Trinajstić information content (AvgIpc) is 2.71. The van der Waals surface area contributed by atoms with Crippen molar-refractivity contribution in [2.45, 2.75) is 46.2 Å². The van der Waals surface area contributed by atoms with Gasteiger partial charge in [-0.25, -0.2) is 0 Å². The molecular weight excluding hydrogens is 352 g/mol. The van der Waals surface area contributed by atoms with Gasteiger partial charge in [0.15, 0.2) is 5.96 Å². The molecule has 158 valence electrons. The molecule has 6 nitrogen and oxygen atoms in total. The number of nitrogens with one attached hydrogen (secondary N) is 2. The van der Waals surface area contributed by atoms with E-state index in [1.165, 1.54) is 6.42 Å². The summed E-state index contributed by atoms with van der Waals surface area (Å²) >= 11 is 0. The topological polar surface area (TPSA) is 58.1 Å². The molecule has 1 aromatic carbocycles. The van der Waals surface area contributed by atoms with Gasteiger partial charge in [-0.1, -0.05) is 32.0 Å². The number of hydrogen-bond acceptors (Lipinski definition) is 4. The van der Waals surface area contributed by atoms with Crippen molar-refractivity contribution in [3.63, 3.8) is 0 Å². The molecule has 0 saturated carbocycles. The van der Waals surface area contributed by atoms with Gasteiger partial charge in [0.2, 0.25) is 0 Å². The summed E-state index contributed by atoms with van der Waals surface area (Å²) in [6.45, 7) is 12.7. The van der Waals surface area contributed by atoms with Crippen molar-refractivity contribution in [3.05, 3.63) is 29.8 Å². The molecule has 1 unspecified atom stereocenters. The molecule has 1 atom stereocenters. The molecule has 1 aromatic rings. The summed E-state index contributed by atoms with van der Waals surface area (Å²) in [4.78, 5) is 6.74. The van der Waals surface area contributed by atoms with Crippen LogP contribution < -0.4 is 15.4 Å². The lowest BCUT2D eigenvalue weighted by atomic mass is 10.0. The fourth-order valence-corrected chi connectivity index (χ4v) is 3.16. The lowest BCUT2D eigenvalue weighted by molar-refractivity contribution is 0.0322. The third-order valence-electron chi connectivity index (χ3n) is 4.97. The molecule has 0 spiro atoms. The van der Waals surface area contributed by atoms with Crippen molar-refractivity contribution in [1.29, 1.82) is 0 Å². The highest BCUT2D eigenvalue weighted by Gasteiger charge is 2.11. The van der Waals surface area contributed by atoms with Crippen LogP contribution in [0, 0.1) is 5.92 Å². The second-order valence-corrected chi connectivity index (χ2v) is 7.85. The predicted octanol–water partition coefficient (Wildman–Crippen LogP) is 2.89. The summed E-state index contributed by atoms with van der Waals surface area (Å²) in [5.41, 5.74) is 1.14. The van der Waals surface area contributed by atoms with Gasteiger partial charge >= 0.3 is 0 Å². The van der Waals surface area contributed by atoms with Crippen LogP contribution in [0.2, 0.25) is 0 Å². The molecule has 1 aliphatic rings. The van der Waals surface area contributed by atoms with E-state index in [0.29, 0.717) is 19.2 Å². The minimum absolute atomic E-state index is 0.397. The summed E-state index contributed by atoms with van der Waals surface area (Å²) in [6.07, 6.45) is 2.35. The maximum absolute atomic E-state index is 6.07. The maximum Gasteiger partial charge on any atom is 0.191 e. The maximum atomic E-state index is 6.07. The lowest BCUT2D eigenvalue weighted by Crippen LogP contribution is -2.42. The van der Waals surface area contributed by atoms with Gasteiger partial charge in [0.25, 0.3) is 0 Å². The zero-order valence-corrected chi connectivity index (χ0v) is 18.0. The molecule has 1 heterocycles. The Morgan fingerprint density at radius 2 is 1.93 bits per heavy atom. The van der Waals surface area contributed by atoms with Crippen LogP contribution in [0.5, 0.6) is 5.75 Å². The number of nitrogens with zero attached hydrogens (tertiary/aromatic N) is 2. The minimum Gasteiger partial charge on any atom is -0.492 e. The Bertz CT molecular complexity index is 586. The molecule has 2 N–H and O–H groups in total. The van der Waals surface area contributed by atoms with E-state index in [9.17, 15) is 0 Å². The van der Waals surface area contributed by atoms with Crippen molar-refractivity contribution in [1.82, 2.24) is 15.5 Å². The second kappa shape index (κ2) is 12.6. The lowest BCUT2D eigenvalue weighted by Gasteiger charge is -2.26. The number of hydrogen-bond donors (Lipinski definition) is 2. The van der Waals surface area contributed by atoms with Crippen LogP contribution in [0.1, 0.15) is 39.2 Å². The molecule has 0 bridgehead atoms. The number of rotatable bonds is 10. The van der Waals surface area contributed by atoms with Crippen LogP contribution in [0.15, 0.2) is 29.3 Å². The zero-order valence-electron chi connectivity index (χ0n) is 18.0. The molecule has 1 saturated heterocycles. The molecule has 1 aliphatic heterocycles. The fourth-order valence-electron chi connectivity index (χ4n) is 3.16. The Hall–Kier alpha value is -1.79. The molecule has 28 heavy (non-hydrogen) atoms. The summed E-state index contributed by atoms with van der Waals surface area (Å²) in [5.74, 6) is 2.49. The molecule has 0 amide bonds. The van der Waals surface area contributed by atoms with E-state index >= 15 is 0 Å². The van der Waals surface area contributed by atoms with Crippen LogP contribution in [0.25, 0.3) is 0 Å². The zero-order chi connectivity index (χ0) is 20.2. The Kier molecular flexibility index (Phi) is 10.1. The van der Waals surface area contributed by atoms with Crippen LogP contribution >= 0.6 is 0 Å². The Balaban J connectivity index is 1.79. The number of para-hydroxylation sites is 1. The first-order valence-electron chi connectivity index (χ1n) is 10.6. The molecule has 1 fully saturated rings. The number of guanidine groups is 1. The SMILES string of the molecule is CN=C(NCc1ccccc1OCCN1CCOCC1)NC(C)CCC(C)C. The first kappa shape index (κ1) is 22.5. The fraction of sp³-hybridized carbons (Fsp3) is 0.682. The van der Waals surface area contributed by atoms with Gasteiger partial charge in [0, 0.05) is 44.8 Å². The predicted molar refractivity (Wildman–Crippen MR) is 116 cm³/mol. The standard InChI is InChI=1S/C22H38N4O2/c1-18(2)9-10-19(3)25-22(23-4)24-17-20-7-5-6-8-21(20)28-16-13-26-11-14-27-15-12-26/h5-8,18-19H,9-17H2,1-4H3,(H2,23,24,25). The smallest absolute Gasteiger partial charge is 0.191 e. The highest BCUT2D eigenvalue weighted by atomic mass is 16.5. The summed E-state index contributed by atoms with van der Waals surface area (Å²) < 4.78 is 11.5. The number of morpholine rings is 1. The van der Waals surface area contributed by atoms with Gasteiger partial charge in [-0.15, -0.1) is 0 Å². The Morgan fingerprint density at radius 1 is 1.18 bits per heavy atom. The van der Waals surface area contributed by atoms with E-state index in [2.05, 4.69) is 47.4 Å². The Morgan fingerprint density at radius 3 is 2.64 bits per heavy atom. The summed E-state index contributed by atoms with van der Waals surface area (Å²) in [6, 6.07) is 8.61. The molecule has 0 aromatic heterocycles. The molecular formula is C22H38N4O2. The van der Waals surface area contributed by atoms with E-state index < -0.39 is 0 Å². The molecule has 0 aliphatic carbocycles. The quantitative estimate of drug-likeness (QED) is 0.475. The van der Waals surface area contributed by atoms with Gasteiger partial charge in [-0.05, 0) is 31.7 Å². The van der Waals surface area contributed by atoms with E-state index in [-0.39, 0.29) is 0 Å². The monoisotopic (exact) mass is 390 g/mol. The van der Waals surface area contributed by atoms with Gasteiger partial charge < -0.3 is 20.1 Å². The van der Waals surface area contributed by atoms with Crippen molar-refractivity contribution >= 4 is 5.96 Å². The van der Waals surface area contributed by atoms with Crippen molar-refractivity contribution in [2.75, 3.05) is 46.5 Å². The van der Waals surface area contributed by atoms with E-state index in [4.69, 9.17) is 9.47 Å². The first-order valence-corrected chi connectivity index (χ1v) is 10.6. The summed E-state index contributed by atoms with van der Waals surface area (Å²) in [7, 11) is 1.81. The van der Waals surface area contributed by atoms with Crippen LogP contribution in [-0.2, 0) is 11.3 Å². The highest BCUT2D eigenvalue weighted by Crippen LogP contribution is 2.17. The molecule has 6 heteroatoms. The van der Waals surface area contributed by atoms with E-state index in [0.717, 1.165) is 62.5 Å². The average molecular weight is 391 g/mol. The van der Waals surface area contributed by atoms with Gasteiger partial charge in [0.05, 0.1) is 13.2 Å². The normalized spacial score (nSPS) is 16.8. The third kappa shape index (κ3) is 8.48. The largest absolute Gasteiger partial charge is 0.492 e. The number of ether oxygens (including phenoxy) is 2. The van der Waals surface area contributed by atoms with Crippen LogP contribution in [-0.4, -0.2) is 63.4 Å². The van der Waals surface area contributed by atoms with Crippen LogP contribution in [0.4, 0.5) is 0 Å². The third-order valence-corrected chi connectivity index (χ3v) is 4.97. The number of benzene rings is 1. The second-order valence-electron chi connectivity index (χ2n) is 7.85. The minimum atomic E-state index is 0.397. The number of aliphatic imine (C=N–C) groups is 1. The molecule has 0 radical (unpaired) electrons. The van der Waals surface area contributed by atoms with E-state index in [1.807, 2.05) is 25.2 Å². The van der Waals surface area contributed by atoms with Crippen molar-refractivity contribution < 1.29 is 9.47 Å². The van der Waals surface area contributed by atoms with Gasteiger partial charge in [0.1, 0.15) is 12.4 Å². The first-order chi connectivity index (χ1) is 13.6. The van der Waals surface area contributed by atoms with Gasteiger partial charge in [-0.2, -0.15) is 0 Å². The summed E-state index contributed by atoms with van der Waals surface area (Å²) in [5, 5.41) is 6.89. The van der Waals surface area contributed by atoms with Crippen LogP contribution in [0.3, 0.4) is 0 Å². The highest BCUT2D eigenvalue weighted by molar-refractivity contribution is 5.79. The van der Waals surface area contributed by atoms with Crippen molar-refractivity contribution in [3.8, 4) is 5.75 Å².